The number of carboxylic acid groups (broad SMARTS) is 1. The van der Waals surface area contributed by atoms with Gasteiger partial charge in [0.25, 0.3) is 0 Å². The van der Waals surface area contributed by atoms with E-state index in [-0.39, 0.29) is 11.8 Å². The highest BCUT2D eigenvalue weighted by Crippen LogP contribution is 2.49. The molecule has 1 fully saturated rings. The Kier molecular flexibility index (Phi) is 3.79. The van der Waals surface area contributed by atoms with Crippen molar-refractivity contribution in [2.75, 3.05) is 5.75 Å². The zero-order valence-corrected chi connectivity index (χ0v) is 11.2. The molecule has 0 spiro atoms. The number of nitrogens with zero attached hydrogens (tertiary/aromatic N) is 3. The first kappa shape index (κ1) is 13.2. The normalized spacial score (nSPS) is 18.5. The van der Waals surface area contributed by atoms with Crippen molar-refractivity contribution >= 4 is 16.8 Å². The first-order chi connectivity index (χ1) is 8.54. The molecule has 2 rings (SSSR count). The van der Waals surface area contributed by atoms with Crippen molar-refractivity contribution in [1.82, 2.24) is 14.8 Å². The zero-order chi connectivity index (χ0) is 13.2. The number of aliphatic carboxylic acids is 1. The van der Waals surface area contributed by atoms with Gasteiger partial charge in [0.2, 0.25) is 0 Å². The second kappa shape index (κ2) is 5.17. The van der Waals surface area contributed by atoms with Crippen molar-refractivity contribution in [1.29, 1.82) is 0 Å². The molecule has 18 heavy (non-hydrogen) atoms. The number of aryl methyl sites for hydroxylation is 1. The Morgan fingerprint density at radius 1 is 1.61 bits per heavy atom. The van der Waals surface area contributed by atoms with E-state index >= 15 is 0 Å². The molecule has 1 aromatic rings. The SMILES string of the molecule is CCn1ncnc1CS(=O)CC1(CC(=O)O)CC1. The second-order valence-electron chi connectivity index (χ2n) is 4.79. The Hall–Kier alpha value is -1.24. The summed E-state index contributed by atoms with van der Waals surface area (Å²) in [5.74, 6) is 0.716. The van der Waals surface area contributed by atoms with E-state index < -0.39 is 16.8 Å². The fourth-order valence-electron chi connectivity index (χ4n) is 2.07. The minimum absolute atomic E-state index is 0.124. The van der Waals surface area contributed by atoms with Crippen LogP contribution in [0.5, 0.6) is 0 Å². The van der Waals surface area contributed by atoms with Gasteiger partial charge in [0.15, 0.2) is 0 Å². The number of carbonyl (C=O) groups is 1. The van der Waals surface area contributed by atoms with Gasteiger partial charge in [-0.1, -0.05) is 0 Å². The van der Waals surface area contributed by atoms with Gasteiger partial charge in [-0.3, -0.25) is 9.00 Å². The third-order valence-corrected chi connectivity index (χ3v) is 4.75. The van der Waals surface area contributed by atoms with Crippen molar-refractivity contribution in [3.8, 4) is 0 Å². The Morgan fingerprint density at radius 2 is 2.33 bits per heavy atom. The van der Waals surface area contributed by atoms with Gasteiger partial charge in [-0.2, -0.15) is 5.10 Å². The van der Waals surface area contributed by atoms with Gasteiger partial charge in [0.1, 0.15) is 12.2 Å². The summed E-state index contributed by atoms with van der Waals surface area (Å²) in [5, 5.41) is 12.8. The fourth-order valence-corrected chi connectivity index (χ4v) is 3.76. The number of hydrogen-bond acceptors (Lipinski definition) is 4. The molecule has 6 nitrogen and oxygen atoms in total. The van der Waals surface area contributed by atoms with E-state index in [4.69, 9.17) is 5.11 Å². The van der Waals surface area contributed by atoms with Crippen molar-refractivity contribution in [2.24, 2.45) is 5.41 Å². The minimum atomic E-state index is -1.07. The first-order valence-corrected chi connectivity index (χ1v) is 7.47. The predicted octanol–water partition coefficient (Wildman–Crippen LogP) is 0.802. The molecule has 100 valence electrons. The zero-order valence-electron chi connectivity index (χ0n) is 10.3. The van der Waals surface area contributed by atoms with Gasteiger partial charge < -0.3 is 5.11 Å². The van der Waals surface area contributed by atoms with Gasteiger partial charge in [-0.05, 0) is 25.2 Å². The van der Waals surface area contributed by atoms with Crippen molar-refractivity contribution in [3.63, 3.8) is 0 Å². The molecular formula is C11H17N3O3S. The maximum atomic E-state index is 12.1. The molecule has 1 atom stereocenters. The Balaban J connectivity index is 1.91. The molecule has 7 heteroatoms. The Labute approximate surface area is 108 Å². The molecule has 1 N–H and O–H groups in total. The predicted molar refractivity (Wildman–Crippen MR) is 66.3 cm³/mol. The number of hydrogen-bond donors (Lipinski definition) is 1. The summed E-state index contributed by atoms with van der Waals surface area (Å²) in [6, 6.07) is 0. The molecule has 0 bridgehead atoms. The van der Waals surface area contributed by atoms with Crippen LogP contribution in [0, 0.1) is 5.41 Å². The van der Waals surface area contributed by atoms with Gasteiger partial charge in [-0.15, -0.1) is 0 Å². The lowest BCUT2D eigenvalue weighted by molar-refractivity contribution is -0.138. The Morgan fingerprint density at radius 3 is 2.89 bits per heavy atom. The van der Waals surface area contributed by atoms with E-state index in [0.717, 1.165) is 12.8 Å². The summed E-state index contributed by atoms with van der Waals surface area (Å²) in [4.78, 5) is 14.8. The van der Waals surface area contributed by atoms with Gasteiger partial charge in [-0.25, -0.2) is 9.67 Å². The third kappa shape index (κ3) is 3.16. The number of aromatic nitrogens is 3. The van der Waals surface area contributed by atoms with E-state index in [1.807, 2.05) is 6.92 Å². The molecule has 1 heterocycles. The van der Waals surface area contributed by atoms with Gasteiger partial charge in [0, 0.05) is 23.1 Å². The van der Waals surface area contributed by atoms with E-state index in [2.05, 4.69) is 10.1 Å². The lowest BCUT2D eigenvalue weighted by atomic mass is 10.1. The average Bonchev–Trinajstić information content (AvgIpc) is 2.87. The fraction of sp³-hybridized carbons (Fsp3) is 0.727. The highest BCUT2D eigenvalue weighted by Gasteiger charge is 2.45. The molecule has 1 saturated carbocycles. The van der Waals surface area contributed by atoms with Crippen LogP contribution in [-0.4, -0.2) is 35.8 Å². The minimum Gasteiger partial charge on any atom is -0.481 e. The monoisotopic (exact) mass is 271 g/mol. The van der Waals surface area contributed by atoms with Crippen molar-refractivity contribution < 1.29 is 14.1 Å². The van der Waals surface area contributed by atoms with Gasteiger partial charge >= 0.3 is 5.97 Å². The largest absolute Gasteiger partial charge is 0.481 e. The highest BCUT2D eigenvalue weighted by atomic mass is 32.2. The van der Waals surface area contributed by atoms with Crippen LogP contribution in [0.15, 0.2) is 6.33 Å². The summed E-state index contributed by atoms with van der Waals surface area (Å²) < 4.78 is 13.8. The number of rotatable bonds is 7. The standard InChI is InChI=1S/C11H17N3O3S/c1-2-14-9(12-8-13-14)6-18(17)7-11(3-4-11)5-10(15)16/h8H,2-7H2,1H3,(H,15,16). The molecule has 1 aliphatic carbocycles. The molecule has 1 aromatic heterocycles. The Bertz CT molecular complexity index is 468. The van der Waals surface area contributed by atoms with E-state index in [9.17, 15) is 9.00 Å². The summed E-state index contributed by atoms with van der Waals surface area (Å²) in [7, 11) is -1.07. The van der Waals surface area contributed by atoms with Crippen LogP contribution < -0.4 is 0 Å². The quantitative estimate of drug-likeness (QED) is 0.793. The van der Waals surface area contributed by atoms with Crippen LogP contribution in [0.3, 0.4) is 0 Å². The summed E-state index contributed by atoms with van der Waals surface area (Å²) in [5.41, 5.74) is -0.228. The van der Waals surface area contributed by atoms with Gasteiger partial charge in [0.05, 0.1) is 12.2 Å². The van der Waals surface area contributed by atoms with E-state index in [1.165, 1.54) is 6.33 Å². The molecule has 0 aromatic carbocycles. The van der Waals surface area contributed by atoms with Crippen molar-refractivity contribution in [2.45, 2.75) is 38.5 Å². The molecule has 1 aliphatic rings. The summed E-state index contributed by atoms with van der Waals surface area (Å²) in [6.07, 6.45) is 3.32. The smallest absolute Gasteiger partial charge is 0.303 e. The lowest BCUT2D eigenvalue weighted by Gasteiger charge is -2.11. The van der Waals surface area contributed by atoms with E-state index in [0.29, 0.717) is 23.9 Å². The van der Waals surface area contributed by atoms with Crippen LogP contribution in [0.4, 0.5) is 0 Å². The molecule has 0 amide bonds. The second-order valence-corrected chi connectivity index (χ2v) is 6.25. The molecule has 0 aliphatic heterocycles. The molecular weight excluding hydrogens is 254 g/mol. The maximum absolute atomic E-state index is 12.1. The molecule has 0 saturated heterocycles. The summed E-state index contributed by atoms with van der Waals surface area (Å²) in [6.45, 7) is 2.65. The first-order valence-electron chi connectivity index (χ1n) is 5.98. The number of carboxylic acids is 1. The lowest BCUT2D eigenvalue weighted by Crippen LogP contribution is -2.18. The van der Waals surface area contributed by atoms with E-state index in [1.54, 1.807) is 4.68 Å². The molecule has 1 unspecified atom stereocenters. The average molecular weight is 271 g/mol. The van der Waals surface area contributed by atoms with Crippen LogP contribution in [0.25, 0.3) is 0 Å². The summed E-state index contributed by atoms with van der Waals surface area (Å²) >= 11 is 0. The van der Waals surface area contributed by atoms with Crippen molar-refractivity contribution in [3.05, 3.63) is 12.2 Å². The van der Waals surface area contributed by atoms with Crippen LogP contribution in [0.1, 0.15) is 32.0 Å². The molecule has 0 radical (unpaired) electrons. The maximum Gasteiger partial charge on any atom is 0.303 e. The highest BCUT2D eigenvalue weighted by molar-refractivity contribution is 7.84. The van der Waals surface area contributed by atoms with Crippen LogP contribution >= 0.6 is 0 Å². The van der Waals surface area contributed by atoms with Crippen LogP contribution in [-0.2, 0) is 27.9 Å². The topological polar surface area (TPSA) is 85.1 Å². The van der Waals surface area contributed by atoms with Crippen LogP contribution in [0.2, 0.25) is 0 Å². The third-order valence-electron chi connectivity index (χ3n) is 3.24.